The number of morpholine rings is 1. The molecule has 8 heteroatoms. The fourth-order valence-corrected chi connectivity index (χ4v) is 4.36. The second-order valence-electron chi connectivity index (χ2n) is 7.90. The average molecular weight is 438 g/mol. The molecule has 5 rings (SSSR count). The van der Waals surface area contributed by atoms with Crippen molar-refractivity contribution in [2.45, 2.75) is 19.8 Å². The van der Waals surface area contributed by atoms with Crippen LogP contribution in [-0.2, 0) is 24.5 Å². The number of fused-ring (bicyclic) bond motifs is 1. The highest BCUT2D eigenvalue weighted by Gasteiger charge is 2.22. The smallest absolute Gasteiger partial charge is 0.226 e. The van der Waals surface area contributed by atoms with Gasteiger partial charge in [0.05, 0.1) is 26.4 Å². The molecule has 0 bridgehead atoms. The third kappa shape index (κ3) is 4.51. The highest BCUT2D eigenvalue weighted by Crippen LogP contribution is 2.23. The van der Waals surface area contributed by atoms with Crippen molar-refractivity contribution >= 4 is 18.2 Å². The molecule has 7 nitrogen and oxygen atoms in total. The van der Waals surface area contributed by atoms with Crippen molar-refractivity contribution in [1.82, 2.24) is 19.2 Å². The van der Waals surface area contributed by atoms with Crippen LogP contribution >= 0.6 is 12.2 Å². The van der Waals surface area contributed by atoms with Crippen molar-refractivity contribution in [3.05, 3.63) is 70.5 Å². The molecule has 3 heterocycles. The monoisotopic (exact) mass is 437 g/mol. The summed E-state index contributed by atoms with van der Waals surface area (Å²) in [7, 11) is 0. The number of hydrogen-bond acceptors (Lipinski definition) is 6. The molecule has 2 aromatic carbocycles. The Balaban J connectivity index is 1.44. The van der Waals surface area contributed by atoms with Gasteiger partial charge in [-0.3, -0.25) is 9.47 Å². The molecular formula is C23H27N5O2S. The third-order valence-electron chi connectivity index (χ3n) is 5.75. The summed E-state index contributed by atoms with van der Waals surface area (Å²) in [6.45, 7) is 6.72. The van der Waals surface area contributed by atoms with Gasteiger partial charge < -0.3 is 14.4 Å². The normalized spacial score (nSPS) is 17.1. The summed E-state index contributed by atoms with van der Waals surface area (Å²) < 4.78 is 16.3. The molecule has 2 aliphatic heterocycles. The van der Waals surface area contributed by atoms with Crippen molar-refractivity contribution in [2.24, 2.45) is 0 Å². The second kappa shape index (κ2) is 9.21. The number of nitrogens with zero attached hydrogens (tertiary/aromatic N) is 5. The average Bonchev–Trinajstić information content (AvgIpc) is 2.98. The zero-order chi connectivity index (χ0) is 21.0. The van der Waals surface area contributed by atoms with Gasteiger partial charge in [0, 0.05) is 31.7 Å². The van der Waals surface area contributed by atoms with Gasteiger partial charge in [0.2, 0.25) is 10.7 Å². The molecule has 1 aromatic heterocycles. The van der Waals surface area contributed by atoms with Crippen molar-refractivity contribution in [3.63, 3.8) is 0 Å². The van der Waals surface area contributed by atoms with Crippen LogP contribution < -0.4 is 9.64 Å². The first kappa shape index (κ1) is 20.2. The van der Waals surface area contributed by atoms with Crippen molar-refractivity contribution in [1.29, 1.82) is 0 Å². The minimum Gasteiger partial charge on any atom is -0.492 e. The van der Waals surface area contributed by atoms with Gasteiger partial charge in [0.15, 0.2) is 0 Å². The van der Waals surface area contributed by atoms with Crippen LogP contribution in [0.15, 0.2) is 54.6 Å². The van der Waals surface area contributed by atoms with Crippen LogP contribution in [0.4, 0.5) is 5.95 Å². The van der Waals surface area contributed by atoms with E-state index in [9.17, 15) is 0 Å². The largest absolute Gasteiger partial charge is 0.492 e. The van der Waals surface area contributed by atoms with E-state index in [1.54, 1.807) is 0 Å². The van der Waals surface area contributed by atoms with Crippen LogP contribution in [0, 0.1) is 4.77 Å². The highest BCUT2D eigenvalue weighted by atomic mass is 32.1. The SMILES string of the molecule is S=c1n(CN2CCOc3ccccc3C2)nc(N2CCOCC2)n1Cc1ccccc1. The molecule has 0 atom stereocenters. The molecular weight excluding hydrogens is 410 g/mol. The van der Waals surface area contributed by atoms with Crippen LogP contribution in [-0.4, -0.2) is 58.7 Å². The zero-order valence-electron chi connectivity index (χ0n) is 17.5. The maximum Gasteiger partial charge on any atom is 0.226 e. The number of aromatic nitrogens is 3. The molecule has 0 N–H and O–H groups in total. The zero-order valence-corrected chi connectivity index (χ0v) is 18.3. The fraction of sp³-hybridized carbons (Fsp3) is 0.391. The molecule has 3 aromatic rings. The molecule has 0 saturated carbocycles. The van der Waals surface area contributed by atoms with Crippen LogP contribution in [0.2, 0.25) is 0 Å². The van der Waals surface area contributed by atoms with E-state index in [2.05, 4.69) is 50.8 Å². The number of ether oxygens (including phenoxy) is 2. The van der Waals surface area contributed by atoms with E-state index in [0.29, 0.717) is 33.0 Å². The van der Waals surface area contributed by atoms with Crippen LogP contribution in [0.5, 0.6) is 5.75 Å². The Bertz CT molecular complexity index is 1080. The van der Waals surface area contributed by atoms with Crippen molar-refractivity contribution in [2.75, 3.05) is 44.4 Å². The van der Waals surface area contributed by atoms with Gasteiger partial charge in [-0.05, 0) is 23.8 Å². The first-order valence-electron chi connectivity index (χ1n) is 10.8. The predicted octanol–water partition coefficient (Wildman–Crippen LogP) is 3.15. The Morgan fingerprint density at radius 3 is 2.52 bits per heavy atom. The van der Waals surface area contributed by atoms with Crippen molar-refractivity contribution < 1.29 is 9.47 Å². The van der Waals surface area contributed by atoms with Gasteiger partial charge in [0.1, 0.15) is 12.4 Å². The van der Waals surface area contributed by atoms with E-state index < -0.39 is 0 Å². The molecule has 2 aliphatic rings. The van der Waals surface area contributed by atoms with Gasteiger partial charge in [-0.1, -0.05) is 48.5 Å². The second-order valence-corrected chi connectivity index (χ2v) is 8.27. The van der Waals surface area contributed by atoms with Crippen molar-refractivity contribution in [3.8, 4) is 5.75 Å². The van der Waals surface area contributed by atoms with E-state index in [-0.39, 0.29) is 0 Å². The molecule has 162 valence electrons. The quantitative estimate of drug-likeness (QED) is 0.572. The van der Waals surface area contributed by atoms with Gasteiger partial charge >= 0.3 is 0 Å². The maximum absolute atomic E-state index is 5.93. The number of rotatable bonds is 5. The molecule has 1 fully saturated rings. The van der Waals surface area contributed by atoms with E-state index in [1.165, 1.54) is 11.1 Å². The Morgan fingerprint density at radius 2 is 1.68 bits per heavy atom. The van der Waals surface area contributed by atoms with Gasteiger partial charge in [-0.15, -0.1) is 5.10 Å². The van der Waals surface area contributed by atoms with Gasteiger partial charge in [0.25, 0.3) is 0 Å². The number of hydrogen-bond donors (Lipinski definition) is 0. The van der Waals surface area contributed by atoms with E-state index in [4.69, 9.17) is 26.8 Å². The Kier molecular flexibility index (Phi) is 6.01. The summed E-state index contributed by atoms with van der Waals surface area (Å²) in [5.74, 6) is 1.89. The fourth-order valence-electron chi connectivity index (χ4n) is 4.11. The number of anilines is 1. The van der Waals surface area contributed by atoms with E-state index in [1.807, 2.05) is 22.9 Å². The summed E-state index contributed by atoms with van der Waals surface area (Å²) in [4.78, 5) is 4.62. The first-order valence-corrected chi connectivity index (χ1v) is 11.2. The predicted molar refractivity (Wildman–Crippen MR) is 122 cm³/mol. The third-order valence-corrected chi connectivity index (χ3v) is 6.18. The lowest BCUT2D eigenvalue weighted by Crippen LogP contribution is -2.38. The summed E-state index contributed by atoms with van der Waals surface area (Å²) in [6, 6.07) is 18.7. The minimum atomic E-state index is 0.635. The number of benzene rings is 2. The molecule has 0 amide bonds. The summed E-state index contributed by atoms with van der Waals surface area (Å²) in [5.41, 5.74) is 2.41. The van der Waals surface area contributed by atoms with E-state index in [0.717, 1.165) is 42.6 Å². The Morgan fingerprint density at radius 1 is 0.903 bits per heavy atom. The summed E-state index contributed by atoms with van der Waals surface area (Å²) >= 11 is 5.91. The van der Waals surface area contributed by atoms with Crippen LogP contribution in [0.3, 0.4) is 0 Å². The molecule has 0 spiro atoms. The van der Waals surface area contributed by atoms with Gasteiger partial charge in [-0.2, -0.15) is 0 Å². The molecule has 0 aliphatic carbocycles. The van der Waals surface area contributed by atoms with E-state index >= 15 is 0 Å². The molecule has 0 unspecified atom stereocenters. The highest BCUT2D eigenvalue weighted by molar-refractivity contribution is 7.71. The lowest BCUT2D eigenvalue weighted by molar-refractivity contribution is 0.121. The Hall–Kier alpha value is -2.68. The molecule has 1 saturated heterocycles. The summed E-state index contributed by atoms with van der Waals surface area (Å²) in [5, 5.41) is 4.97. The van der Waals surface area contributed by atoms with Gasteiger partial charge in [-0.25, -0.2) is 4.68 Å². The lowest BCUT2D eigenvalue weighted by Gasteiger charge is -2.27. The molecule has 31 heavy (non-hydrogen) atoms. The van der Waals surface area contributed by atoms with Crippen LogP contribution in [0.1, 0.15) is 11.1 Å². The lowest BCUT2D eigenvalue weighted by atomic mass is 10.2. The molecule has 0 radical (unpaired) electrons. The van der Waals surface area contributed by atoms with Crippen LogP contribution in [0.25, 0.3) is 0 Å². The number of para-hydroxylation sites is 1. The first-order chi connectivity index (χ1) is 15.3. The summed E-state index contributed by atoms with van der Waals surface area (Å²) in [6.07, 6.45) is 0. The maximum atomic E-state index is 5.93. The minimum absolute atomic E-state index is 0.635. The standard InChI is InChI=1S/C23H27N5O2S/c31-23-27(16-19-6-2-1-3-7-19)22(26-11-13-29-14-12-26)24-28(23)18-25-10-15-30-21-9-5-4-8-20(21)17-25/h1-9H,10-18H2. The topological polar surface area (TPSA) is 47.7 Å². The Labute approximate surface area is 187 Å².